The molecule has 1 N–H and O–H groups in total. The summed E-state index contributed by atoms with van der Waals surface area (Å²) in [5.41, 5.74) is 1.88. The van der Waals surface area contributed by atoms with Crippen LogP contribution in [0.2, 0.25) is 0 Å². The molecule has 7 nitrogen and oxygen atoms in total. The third-order valence-corrected chi connectivity index (χ3v) is 5.15. The normalized spacial score (nSPS) is 15.7. The Morgan fingerprint density at radius 3 is 2.76 bits per heavy atom. The van der Waals surface area contributed by atoms with E-state index in [2.05, 4.69) is 46.2 Å². The van der Waals surface area contributed by atoms with Gasteiger partial charge in [0.1, 0.15) is 22.6 Å². The molecule has 0 aliphatic carbocycles. The fourth-order valence-corrected chi connectivity index (χ4v) is 3.93. The van der Waals surface area contributed by atoms with Gasteiger partial charge < -0.3 is 10.2 Å². The molecule has 0 bridgehead atoms. The molecule has 3 aromatic rings. The minimum Gasteiger partial charge on any atom is -0.367 e. The van der Waals surface area contributed by atoms with Crippen molar-refractivity contribution < 1.29 is 0 Å². The highest BCUT2D eigenvalue weighted by Crippen LogP contribution is 2.31. The van der Waals surface area contributed by atoms with Gasteiger partial charge in [0.15, 0.2) is 5.65 Å². The summed E-state index contributed by atoms with van der Waals surface area (Å²) in [5.74, 6) is 1.91. The molecule has 0 saturated carbocycles. The van der Waals surface area contributed by atoms with Gasteiger partial charge in [-0.05, 0) is 47.8 Å². The number of nitrogens with one attached hydrogen (secondary N) is 1. The topological polar surface area (TPSA) is 71.8 Å². The van der Waals surface area contributed by atoms with Crippen LogP contribution in [0.3, 0.4) is 0 Å². The molecule has 4 heterocycles. The van der Waals surface area contributed by atoms with Crippen LogP contribution in [0.15, 0.2) is 29.1 Å². The number of fused-ring (bicyclic) bond motifs is 1. The molecule has 25 heavy (non-hydrogen) atoms. The molecule has 0 amide bonds. The molecule has 0 aromatic carbocycles. The van der Waals surface area contributed by atoms with Crippen molar-refractivity contribution in [3.63, 3.8) is 0 Å². The van der Waals surface area contributed by atoms with Gasteiger partial charge in [0, 0.05) is 31.9 Å². The highest BCUT2D eigenvalue weighted by atomic mass is 79.9. The Kier molecular flexibility index (Phi) is 4.29. The maximum atomic E-state index is 4.54. The average molecular weight is 402 g/mol. The first-order valence-electron chi connectivity index (χ1n) is 8.40. The van der Waals surface area contributed by atoms with Crippen LogP contribution >= 0.6 is 15.9 Å². The van der Waals surface area contributed by atoms with Gasteiger partial charge in [0.2, 0.25) is 0 Å². The van der Waals surface area contributed by atoms with E-state index in [1.54, 1.807) is 11.0 Å². The predicted octanol–water partition coefficient (Wildman–Crippen LogP) is 2.91. The first-order valence-corrected chi connectivity index (χ1v) is 9.19. The molecule has 1 aliphatic heterocycles. The van der Waals surface area contributed by atoms with Gasteiger partial charge in [0.05, 0.1) is 5.39 Å². The van der Waals surface area contributed by atoms with Crippen LogP contribution in [-0.4, -0.2) is 43.9 Å². The van der Waals surface area contributed by atoms with E-state index in [9.17, 15) is 0 Å². The van der Waals surface area contributed by atoms with Crippen LogP contribution in [0.4, 0.5) is 11.6 Å². The third kappa shape index (κ3) is 3.18. The van der Waals surface area contributed by atoms with Crippen molar-refractivity contribution in [2.45, 2.75) is 25.8 Å². The lowest BCUT2D eigenvalue weighted by molar-refractivity contribution is 0.523. The fourth-order valence-electron chi connectivity index (χ4n) is 3.33. The van der Waals surface area contributed by atoms with Crippen molar-refractivity contribution in [2.24, 2.45) is 7.05 Å². The summed E-state index contributed by atoms with van der Waals surface area (Å²) >= 11 is 3.54. The van der Waals surface area contributed by atoms with E-state index in [4.69, 9.17) is 0 Å². The summed E-state index contributed by atoms with van der Waals surface area (Å²) in [7, 11) is 1.90. The molecule has 4 rings (SSSR count). The van der Waals surface area contributed by atoms with Crippen molar-refractivity contribution in [1.29, 1.82) is 0 Å². The Morgan fingerprint density at radius 1 is 1.20 bits per heavy atom. The smallest absolute Gasteiger partial charge is 0.164 e. The number of nitrogens with zero attached hydrogens (tertiary/aromatic N) is 6. The highest BCUT2D eigenvalue weighted by Gasteiger charge is 2.24. The Labute approximate surface area is 154 Å². The molecule has 8 heteroatoms. The van der Waals surface area contributed by atoms with Crippen LogP contribution < -0.4 is 10.2 Å². The van der Waals surface area contributed by atoms with Gasteiger partial charge >= 0.3 is 0 Å². The molecule has 0 radical (unpaired) electrons. The lowest BCUT2D eigenvalue weighted by atomic mass is 10.0. The van der Waals surface area contributed by atoms with E-state index >= 15 is 0 Å². The van der Waals surface area contributed by atoms with E-state index in [1.165, 1.54) is 0 Å². The second kappa shape index (κ2) is 6.59. The third-order valence-electron chi connectivity index (χ3n) is 4.59. The Balaban J connectivity index is 1.49. The van der Waals surface area contributed by atoms with Crippen LogP contribution in [0.25, 0.3) is 11.0 Å². The van der Waals surface area contributed by atoms with Crippen LogP contribution in [-0.2, 0) is 7.05 Å². The summed E-state index contributed by atoms with van der Waals surface area (Å²) < 4.78 is 2.58. The number of halogens is 1. The quantitative estimate of drug-likeness (QED) is 0.727. The fraction of sp³-hybridized carbons (Fsp3) is 0.412. The molecule has 1 aliphatic rings. The first-order chi connectivity index (χ1) is 12.1. The van der Waals surface area contributed by atoms with Crippen LogP contribution in [0.1, 0.15) is 18.5 Å². The molecular weight excluding hydrogens is 382 g/mol. The Morgan fingerprint density at radius 2 is 2.00 bits per heavy atom. The van der Waals surface area contributed by atoms with Gasteiger partial charge in [-0.15, -0.1) is 0 Å². The van der Waals surface area contributed by atoms with E-state index in [0.29, 0.717) is 6.04 Å². The predicted molar refractivity (Wildman–Crippen MR) is 102 cm³/mol. The minimum atomic E-state index is 0.431. The largest absolute Gasteiger partial charge is 0.367 e. The van der Waals surface area contributed by atoms with Gasteiger partial charge in [-0.25, -0.2) is 19.6 Å². The zero-order valence-corrected chi connectivity index (χ0v) is 15.9. The first kappa shape index (κ1) is 16.3. The monoisotopic (exact) mass is 401 g/mol. The van der Waals surface area contributed by atoms with Crippen LogP contribution in [0, 0.1) is 6.92 Å². The highest BCUT2D eigenvalue weighted by molar-refractivity contribution is 9.10. The number of aromatic nitrogens is 5. The summed E-state index contributed by atoms with van der Waals surface area (Å²) in [6, 6.07) is 6.51. The maximum Gasteiger partial charge on any atom is 0.164 e. The van der Waals surface area contributed by atoms with E-state index in [-0.39, 0.29) is 0 Å². The number of rotatable bonds is 3. The minimum absolute atomic E-state index is 0.431. The van der Waals surface area contributed by atoms with Crippen LogP contribution in [0.5, 0.6) is 0 Å². The molecule has 1 saturated heterocycles. The van der Waals surface area contributed by atoms with Crippen molar-refractivity contribution in [3.05, 3.63) is 34.8 Å². The second-order valence-electron chi connectivity index (χ2n) is 6.38. The zero-order valence-electron chi connectivity index (χ0n) is 14.3. The molecule has 0 unspecified atom stereocenters. The number of hydrogen-bond acceptors (Lipinski definition) is 6. The zero-order chi connectivity index (χ0) is 17.4. The standard InChI is InChI=1S/C17H20BrN7/c1-11-4-3-5-13(21-11)22-12-6-8-25(9-7-12)17-14-15(18)23-24(2)16(14)19-10-20-17/h3-5,10,12H,6-9H2,1-2H3,(H,21,22). The summed E-state index contributed by atoms with van der Waals surface area (Å²) in [4.78, 5) is 15.7. The summed E-state index contributed by atoms with van der Waals surface area (Å²) in [5, 5.41) is 8.94. The lowest BCUT2D eigenvalue weighted by Gasteiger charge is -2.33. The number of pyridine rings is 1. The Hall–Kier alpha value is -2.22. The SMILES string of the molecule is Cc1cccc(NC2CCN(c3ncnc4c3c(Br)nn4C)CC2)n1. The van der Waals surface area contributed by atoms with Crippen molar-refractivity contribution >= 4 is 38.6 Å². The number of hydrogen-bond donors (Lipinski definition) is 1. The number of aryl methyl sites for hydroxylation is 2. The van der Waals surface area contributed by atoms with Gasteiger partial charge in [0.25, 0.3) is 0 Å². The molecular formula is C17H20BrN7. The summed E-state index contributed by atoms with van der Waals surface area (Å²) in [6.07, 6.45) is 3.70. The van der Waals surface area contributed by atoms with Crippen molar-refractivity contribution in [2.75, 3.05) is 23.3 Å². The molecule has 130 valence electrons. The molecule has 3 aromatic heterocycles. The van der Waals surface area contributed by atoms with Gasteiger partial charge in [-0.2, -0.15) is 5.10 Å². The average Bonchev–Trinajstić information content (AvgIpc) is 2.90. The van der Waals surface area contributed by atoms with Crippen molar-refractivity contribution in [3.8, 4) is 0 Å². The molecule has 1 fully saturated rings. The van der Waals surface area contributed by atoms with E-state index < -0.39 is 0 Å². The lowest BCUT2D eigenvalue weighted by Crippen LogP contribution is -2.39. The van der Waals surface area contributed by atoms with E-state index in [0.717, 1.165) is 58.9 Å². The number of piperidine rings is 1. The molecule has 0 atom stereocenters. The van der Waals surface area contributed by atoms with Gasteiger partial charge in [-0.1, -0.05) is 6.07 Å². The van der Waals surface area contributed by atoms with Crippen molar-refractivity contribution in [1.82, 2.24) is 24.7 Å². The Bertz CT molecular complexity index is 899. The number of anilines is 2. The molecule has 0 spiro atoms. The van der Waals surface area contributed by atoms with Gasteiger partial charge in [-0.3, -0.25) is 0 Å². The van der Waals surface area contributed by atoms with E-state index in [1.807, 2.05) is 32.2 Å². The second-order valence-corrected chi connectivity index (χ2v) is 7.13. The summed E-state index contributed by atoms with van der Waals surface area (Å²) in [6.45, 7) is 3.90. The maximum absolute atomic E-state index is 4.54.